The highest BCUT2D eigenvalue weighted by Gasteiger charge is 2.27. The Morgan fingerprint density at radius 2 is 1.94 bits per heavy atom. The van der Waals surface area contributed by atoms with Gasteiger partial charge < -0.3 is 19.3 Å². The Morgan fingerprint density at radius 1 is 1.19 bits per heavy atom. The number of anilines is 1. The first kappa shape index (κ1) is 25.3. The van der Waals surface area contributed by atoms with Crippen LogP contribution in [0.3, 0.4) is 0 Å². The summed E-state index contributed by atoms with van der Waals surface area (Å²) in [5, 5.41) is 20.4. The highest BCUT2D eigenvalue weighted by molar-refractivity contribution is 9.10. The molecule has 0 unspecified atom stereocenters. The molecular weight excluding hydrogens is 484 g/mol. The van der Waals surface area contributed by atoms with E-state index in [0.29, 0.717) is 17.0 Å². The largest absolute Gasteiger partial charge is 0.491 e. The quantitative estimate of drug-likeness (QED) is 0.207. The van der Waals surface area contributed by atoms with Crippen LogP contribution in [-0.2, 0) is 14.3 Å². The van der Waals surface area contributed by atoms with Crippen molar-refractivity contribution in [2.75, 3.05) is 25.1 Å². The molecule has 0 saturated carbocycles. The fourth-order valence-corrected chi connectivity index (χ4v) is 2.99. The van der Waals surface area contributed by atoms with Gasteiger partial charge in [-0.15, -0.1) is 0 Å². The van der Waals surface area contributed by atoms with E-state index in [-0.39, 0.29) is 19.8 Å². The Labute approximate surface area is 194 Å². The second-order valence-electron chi connectivity index (χ2n) is 6.36. The molecule has 0 bridgehead atoms. The maximum Gasteiger partial charge on any atom is 0.412 e. The van der Waals surface area contributed by atoms with E-state index in [2.05, 4.69) is 21.2 Å². The molecule has 0 heterocycles. The first-order valence-corrected chi connectivity index (χ1v) is 10.6. The first-order chi connectivity index (χ1) is 15.5. The van der Waals surface area contributed by atoms with Crippen LogP contribution in [0, 0.1) is 0 Å². The number of halogens is 1. The summed E-state index contributed by atoms with van der Waals surface area (Å²) >= 11 is 3.33. The van der Waals surface area contributed by atoms with E-state index in [1.54, 1.807) is 55.5 Å². The Hall–Kier alpha value is -2.92. The Bertz CT molecular complexity index is 905. The van der Waals surface area contributed by atoms with Gasteiger partial charge in [0.15, 0.2) is 6.10 Å². The van der Waals surface area contributed by atoms with E-state index in [4.69, 9.17) is 24.5 Å². The van der Waals surface area contributed by atoms with Gasteiger partial charge in [0.1, 0.15) is 18.5 Å². The Kier molecular flexibility index (Phi) is 10.7. The molecular formula is C22H25BrN2O7. The van der Waals surface area contributed by atoms with Gasteiger partial charge in [-0.3, -0.25) is 15.3 Å². The molecule has 2 aromatic rings. The summed E-state index contributed by atoms with van der Waals surface area (Å²) in [5.74, 6) is -0.293. The van der Waals surface area contributed by atoms with Gasteiger partial charge in [-0.05, 0) is 55.0 Å². The van der Waals surface area contributed by atoms with Crippen molar-refractivity contribution in [3.63, 3.8) is 0 Å². The number of aliphatic hydroxyl groups excluding tert-OH is 1. The van der Waals surface area contributed by atoms with Crippen molar-refractivity contribution in [2.24, 2.45) is 0 Å². The van der Waals surface area contributed by atoms with Gasteiger partial charge in [-0.1, -0.05) is 28.1 Å². The lowest BCUT2D eigenvalue weighted by Gasteiger charge is -2.25. The number of hydrogen-bond acceptors (Lipinski definition) is 7. The van der Waals surface area contributed by atoms with E-state index in [0.717, 1.165) is 10.5 Å². The fraction of sp³-hybridized carbons (Fsp3) is 0.273. The molecule has 2 aromatic carbocycles. The molecule has 0 aliphatic rings. The lowest BCUT2D eigenvalue weighted by Crippen LogP contribution is -2.28. The standard InChI is InChI=1S/C22H25BrN2O7/c1-2-30-19(10-11-20(27)25-29)21(15-4-3-5-18(14-15)31-13-12-26)32-22(28)24-17-8-6-16(23)7-9-17/h3-11,14,19,21,26,29H,2,12-13H2,1H3,(H,24,28)(H,25,27)/b11-10+/t19-,21-/m0/s1. The molecule has 0 saturated heterocycles. The minimum atomic E-state index is -0.953. The number of rotatable bonds is 11. The summed E-state index contributed by atoms with van der Waals surface area (Å²) in [5.41, 5.74) is 2.57. The van der Waals surface area contributed by atoms with Gasteiger partial charge in [0, 0.05) is 22.8 Å². The molecule has 0 spiro atoms. The number of ether oxygens (including phenoxy) is 3. The van der Waals surface area contributed by atoms with Gasteiger partial charge in [0.25, 0.3) is 5.91 Å². The molecule has 0 radical (unpaired) electrons. The van der Waals surface area contributed by atoms with E-state index >= 15 is 0 Å². The van der Waals surface area contributed by atoms with Gasteiger partial charge in [-0.2, -0.15) is 0 Å². The predicted molar refractivity (Wildman–Crippen MR) is 120 cm³/mol. The van der Waals surface area contributed by atoms with Crippen LogP contribution in [0.25, 0.3) is 0 Å². The summed E-state index contributed by atoms with van der Waals surface area (Å²) in [6.45, 7) is 1.97. The van der Waals surface area contributed by atoms with Crippen LogP contribution >= 0.6 is 15.9 Å². The minimum absolute atomic E-state index is 0.102. The van der Waals surface area contributed by atoms with Crippen molar-refractivity contribution in [2.45, 2.75) is 19.1 Å². The van der Waals surface area contributed by atoms with Gasteiger partial charge in [-0.25, -0.2) is 10.3 Å². The molecule has 10 heteroatoms. The summed E-state index contributed by atoms with van der Waals surface area (Å²) < 4.78 is 17.7. The number of hydroxylamine groups is 1. The zero-order valence-corrected chi connectivity index (χ0v) is 18.9. The van der Waals surface area contributed by atoms with E-state index in [1.165, 1.54) is 11.6 Å². The highest BCUT2D eigenvalue weighted by Crippen LogP contribution is 2.28. The average molecular weight is 509 g/mol. The zero-order chi connectivity index (χ0) is 23.3. The Morgan fingerprint density at radius 3 is 2.59 bits per heavy atom. The van der Waals surface area contributed by atoms with Gasteiger partial charge in [0.05, 0.1) is 6.61 Å². The van der Waals surface area contributed by atoms with Crippen molar-refractivity contribution in [3.05, 3.63) is 70.7 Å². The van der Waals surface area contributed by atoms with Crippen LogP contribution in [0.5, 0.6) is 5.75 Å². The second-order valence-corrected chi connectivity index (χ2v) is 7.27. The molecule has 2 atom stereocenters. The number of amides is 2. The molecule has 0 aliphatic heterocycles. The SMILES string of the molecule is CCO[C@@H](/C=C/C(=O)NO)[C@@H](OC(=O)Nc1ccc(Br)cc1)c1cccc(OCCO)c1. The summed E-state index contributed by atoms with van der Waals surface area (Å²) in [4.78, 5) is 24.1. The third-order valence-electron chi connectivity index (χ3n) is 4.08. The van der Waals surface area contributed by atoms with Crippen molar-refractivity contribution in [1.29, 1.82) is 0 Å². The van der Waals surface area contributed by atoms with Crippen LogP contribution in [-0.4, -0.2) is 48.2 Å². The predicted octanol–water partition coefficient (Wildman–Crippen LogP) is 3.58. The van der Waals surface area contributed by atoms with E-state index in [9.17, 15) is 9.59 Å². The van der Waals surface area contributed by atoms with Gasteiger partial charge >= 0.3 is 6.09 Å². The van der Waals surface area contributed by atoms with Crippen LogP contribution in [0.15, 0.2) is 65.2 Å². The lowest BCUT2D eigenvalue weighted by atomic mass is 10.0. The lowest BCUT2D eigenvalue weighted by molar-refractivity contribution is -0.124. The fourth-order valence-electron chi connectivity index (χ4n) is 2.72. The molecule has 0 aliphatic carbocycles. The zero-order valence-electron chi connectivity index (χ0n) is 17.4. The van der Waals surface area contributed by atoms with Crippen LogP contribution in [0.2, 0.25) is 0 Å². The van der Waals surface area contributed by atoms with Gasteiger partial charge in [0.2, 0.25) is 0 Å². The highest BCUT2D eigenvalue weighted by atomic mass is 79.9. The second kappa shape index (κ2) is 13.5. The van der Waals surface area contributed by atoms with Crippen molar-refractivity contribution < 1.29 is 34.1 Å². The third-order valence-corrected chi connectivity index (χ3v) is 4.60. The molecule has 172 valence electrons. The van der Waals surface area contributed by atoms with E-state index < -0.39 is 24.2 Å². The number of carbonyl (C=O) groups excluding carboxylic acids is 2. The number of nitrogens with one attached hydrogen (secondary N) is 2. The summed E-state index contributed by atoms with van der Waals surface area (Å²) in [6, 6.07) is 13.7. The maximum atomic E-state index is 12.6. The molecule has 0 aromatic heterocycles. The first-order valence-electron chi connectivity index (χ1n) is 9.77. The van der Waals surface area contributed by atoms with E-state index in [1.807, 2.05) is 0 Å². The molecule has 32 heavy (non-hydrogen) atoms. The van der Waals surface area contributed by atoms with Crippen LogP contribution in [0.4, 0.5) is 10.5 Å². The summed E-state index contributed by atoms with van der Waals surface area (Å²) in [7, 11) is 0. The number of hydrogen-bond donors (Lipinski definition) is 4. The average Bonchev–Trinajstić information content (AvgIpc) is 2.80. The molecule has 2 rings (SSSR count). The number of carbonyl (C=O) groups is 2. The Balaban J connectivity index is 2.31. The normalized spacial score (nSPS) is 12.8. The van der Waals surface area contributed by atoms with Crippen molar-refractivity contribution in [3.8, 4) is 5.75 Å². The molecule has 9 nitrogen and oxygen atoms in total. The summed E-state index contributed by atoms with van der Waals surface area (Å²) in [6.07, 6.45) is -0.0702. The monoisotopic (exact) mass is 508 g/mol. The minimum Gasteiger partial charge on any atom is -0.491 e. The molecule has 2 amide bonds. The third kappa shape index (κ3) is 8.31. The number of aliphatic hydroxyl groups is 1. The van der Waals surface area contributed by atoms with Crippen LogP contribution < -0.4 is 15.5 Å². The van der Waals surface area contributed by atoms with Crippen molar-refractivity contribution >= 4 is 33.6 Å². The smallest absolute Gasteiger partial charge is 0.412 e. The molecule has 0 fully saturated rings. The topological polar surface area (TPSA) is 126 Å². The van der Waals surface area contributed by atoms with Crippen molar-refractivity contribution in [1.82, 2.24) is 5.48 Å². The molecule has 4 N–H and O–H groups in total. The van der Waals surface area contributed by atoms with Crippen LogP contribution in [0.1, 0.15) is 18.6 Å². The maximum absolute atomic E-state index is 12.6. The number of benzene rings is 2.